The van der Waals surface area contributed by atoms with Crippen molar-refractivity contribution in [2.45, 2.75) is 13.3 Å². The number of halogens is 1. The summed E-state index contributed by atoms with van der Waals surface area (Å²) in [6.45, 7) is 6.31. The number of nitrogens with two attached hydrogens (primary N) is 1. The first-order chi connectivity index (χ1) is 6.59. The van der Waals surface area contributed by atoms with E-state index >= 15 is 0 Å². The minimum Gasteiger partial charge on any atom is -0.476 e. The highest BCUT2D eigenvalue weighted by molar-refractivity contribution is 9.10. The highest BCUT2D eigenvalue weighted by Gasteiger charge is 2.01. The highest BCUT2D eigenvalue weighted by atomic mass is 79.9. The molecule has 0 unspecified atom stereocenters. The largest absolute Gasteiger partial charge is 0.476 e. The molecule has 0 spiro atoms. The minimum atomic E-state index is 0.481. The van der Waals surface area contributed by atoms with Crippen LogP contribution in [0.5, 0.6) is 5.88 Å². The van der Waals surface area contributed by atoms with E-state index in [9.17, 15) is 0 Å². The van der Waals surface area contributed by atoms with Gasteiger partial charge in [0.05, 0.1) is 12.3 Å². The van der Waals surface area contributed by atoms with Gasteiger partial charge in [-0.1, -0.05) is 5.57 Å². The molecule has 1 aromatic heterocycles. The van der Waals surface area contributed by atoms with Crippen molar-refractivity contribution in [3.05, 3.63) is 28.9 Å². The third-order valence-electron chi connectivity index (χ3n) is 1.61. The Morgan fingerprint density at radius 1 is 1.71 bits per heavy atom. The molecule has 0 saturated heterocycles. The highest BCUT2D eigenvalue weighted by Crippen LogP contribution is 2.21. The van der Waals surface area contributed by atoms with Crippen LogP contribution in [0.15, 0.2) is 28.9 Å². The number of anilines is 1. The van der Waals surface area contributed by atoms with E-state index in [1.807, 2.05) is 6.92 Å². The molecule has 0 saturated carbocycles. The zero-order valence-electron chi connectivity index (χ0n) is 8.09. The Bertz CT molecular complexity index is 339. The van der Waals surface area contributed by atoms with Gasteiger partial charge in [0, 0.05) is 17.1 Å². The van der Waals surface area contributed by atoms with Gasteiger partial charge in [0.2, 0.25) is 5.88 Å². The molecule has 0 amide bonds. The Kier molecular flexibility index (Phi) is 3.95. The number of pyridine rings is 1. The van der Waals surface area contributed by atoms with Crippen LogP contribution in [0.4, 0.5) is 5.69 Å². The van der Waals surface area contributed by atoms with Crippen molar-refractivity contribution >= 4 is 21.6 Å². The SMILES string of the molecule is C=C(C)CCOc1ncc(Br)cc1N. The molecule has 4 heteroatoms. The standard InChI is InChI=1S/C10H13BrN2O/c1-7(2)3-4-14-10-9(12)5-8(11)6-13-10/h5-6H,1,3-4,12H2,2H3. The number of ether oxygens (including phenoxy) is 1. The average molecular weight is 257 g/mol. The van der Waals surface area contributed by atoms with Gasteiger partial charge in [-0.2, -0.15) is 0 Å². The monoisotopic (exact) mass is 256 g/mol. The van der Waals surface area contributed by atoms with Crippen molar-refractivity contribution in [3.8, 4) is 5.88 Å². The van der Waals surface area contributed by atoms with Crippen LogP contribution < -0.4 is 10.5 Å². The summed E-state index contributed by atoms with van der Waals surface area (Å²) >= 11 is 3.28. The van der Waals surface area contributed by atoms with E-state index in [1.165, 1.54) is 0 Å². The number of aromatic nitrogens is 1. The Labute approximate surface area is 92.1 Å². The van der Waals surface area contributed by atoms with E-state index in [0.717, 1.165) is 16.5 Å². The third-order valence-corrected chi connectivity index (χ3v) is 2.05. The van der Waals surface area contributed by atoms with Gasteiger partial charge in [0.15, 0.2) is 0 Å². The van der Waals surface area contributed by atoms with Crippen molar-refractivity contribution in [2.24, 2.45) is 0 Å². The average Bonchev–Trinajstić information content (AvgIpc) is 2.08. The second-order valence-corrected chi connectivity index (χ2v) is 4.02. The van der Waals surface area contributed by atoms with Gasteiger partial charge in [-0.3, -0.25) is 0 Å². The second-order valence-electron chi connectivity index (χ2n) is 3.10. The van der Waals surface area contributed by atoms with Crippen molar-refractivity contribution in [2.75, 3.05) is 12.3 Å². The Hall–Kier alpha value is -1.03. The molecule has 2 N–H and O–H groups in total. The Balaban J connectivity index is 2.55. The molecule has 1 aromatic rings. The van der Waals surface area contributed by atoms with E-state index in [1.54, 1.807) is 12.3 Å². The fourth-order valence-corrected chi connectivity index (χ4v) is 1.23. The number of hydrogen-bond acceptors (Lipinski definition) is 3. The molecule has 0 aliphatic heterocycles. The van der Waals surface area contributed by atoms with E-state index in [4.69, 9.17) is 10.5 Å². The number of hydrogen-bond donors (Lipinski definition) is 1. The molecule has 0 bridgehead atoms. The molecule has 0 atom stereocenters. The maximum absolute atomic E-state index is 5.70. The predicted octanol–water partition coefficient (Wildman–Crippen LogP) is 2.77. The molecular weight excluding hydrogens is 244 g/mol. The van der Waals surface area contributed by atoms with Crippen LogP contribution in [0.1, 0.15) is 13.3 Å². The summed E-state index contributed by atoms with van der Waals surface area (Å²) in [6, 6.07) is 1.77. The molecule has 0 aliphatic rings. The predicted molar refractivity (Wildman–Crippen MR) is 61.3 cm³/mol. The molecule has 14 heavy (non-hydrogen) atoms. The first kappa shape index (κ1) is 11.0. The summed E-state index contributed by atoms with van der Waals surface area (Å²) in [5.41, 5.74) is 7.32. The maximum Gasteiger partial charge on any atom is 0.237 e. The summed E-state index contributed by atoms with van der Waals surface area (Å²) in [4.78, 5) is 4.05. The fraction of sp³-hybridized carbons (Fsp3) is 0.300. The molecule has 76 valence electrons. The lowest BCUT2D eigenvalue weighted by Crippen LogP contribution is -2.02. The molecule has 1 rings (SSSR count). The van der Waals surface area contributed by atoms with E-state index in [0.29, 0.717) is 18.2 Å². The lowest BCUT2D eigenvalue weighted by molar-refractivity contribution is 0.311. The molecular formula is C10H13BrN2O. The van der Waals surface area contributed by atoms with Crippen LogP contribution in [-0.4, -0.2) is 11.6 Å². The number of rotatable bonds is 4. The van der Waals surface area contributed by atoms with E-state index < -0.39 is 0 Å². The van der Waals surface area contributed by atoms with Crippen LogP contribution in [0, 0.1) is 0 Å². The summed E-state index contributed by atoms with van der Waals surface area (Å²) < 4.78 is 6.23. The number of nitrogen functional groups attached to an aromatic ring is 1. The second kappa shape index (κ2) is 5.00. The summed E-state index contributed by atoms with van der Waals surface area (Å²) in [6.07, 6.45) is 2.48. The topological polar surface area (TPSA) is 48.1 Å². The van der Waals surface area contributed by atoms with E-state index in [-0.39, 0.29) is 0 Å². The van der Waals surface area contributed by atoms with Crippen LogP contribution in [0.3, 0.4) is 0 Å². The summed E-state index contributed by atoms with van der Waals surface area (Å²) in [7, 11) is 0. The van der Waals surface area contributed by atoms with Gasteiger partial charge in [0.1, 0.15) is 0 Å². The van der Waals surface area contributed by atoms with Crippen molar-refractivity contribution in [1.29, 1.82) is 0 Å². The van der Waals surface area contributed by atoms with Gasteiger partial charge in [-0.25, -0.2) is 4.98 Å². The molecule has 3 nitrogen and oxygen atoms in total. The lowest BCUT2D eigenvalue weighted by Gasteiger charge is -2.07. The van der Waals surface area contributed by atoms with Crippen molar-refractivity contribution in [1.82, 2.24) is 4.98 Å². The molecule has 0 radical (unpaired) electrons. The first-order valence-electron chi connectivity index (χ1n) is 4.28. The summed E-state index contributed by atoms with van der Waals surface area (Å²) in [5.74, 6) is 0.481. The van der Waals surface area contributed by atoms with Gasteiger partial charge in [-0.15, -0.1) is 6.58 Å². The minimum absolute atomic E-state index is 0.481. The fourth-order valence-electron chi connectivity index (χ4n) is 0.885. The van der Waals surface area contributed by atoms with Crippen LogP contribution in [0.25, 0.3) is 0 Å². The molecule has 0 aliphatic carbocycles. The quantitative estimate of drug-likeness (QED) is 0.843. The molecule has 0 fully saturated rings. The maximum atomic E-state index is 5.70. The zero-order valence-corrected chi connectivity index (χ0v) is 9.67. The van der Waals surface area contributed by atoms with Gasteiger partial charge < -0.3 is 10.5 Å². The normalized spacial score (nSPS) is 9.86. The Morgan fingerprint density at radius 3 is 3.00 bits per heavy atom. The van der Waals surface area contributed by atoms with Crippen LogP contribution >= 0.6 is 15.9 Å². The zero-order chi connectivity index (χ0) is 10.6. The molecule has 1 heterocycles. The molecule has 0 aromatic carbocycles. The van der Waals surface area contributed by atoms with Crippen LogP contribution in [0.2, 0.25) is 0 Å². The van der Waals surface area contributed by atoms with Crippen molar-refractivity contribution in [3.63, 3.8) is 0 Å². The van der Waals surface area contributed by atoms with E-state index in [2.05, 4.69) is 27.5 Å². The Morgan fingerprint density at radius 2 is 2.43 bits per heavy atom. The number of nitrogens with zero attached hydrogens (tertiary/aromatic N) is 1. The van der Waals surface area contributed by atoms with Crippen molar-refractivity contribution < 1.29 is 4.74 Å². The lowest BCUT2D eigenvalue weighted by atomic mass is 10.3. The van der Waals surface area contributed by atoms with Gasteiger partial charge in [0.25, 0.3) is 0 Å². The first-order valence-corrected chi connectivity index (χ1v) is 5.07. The van der Waals surface area contributed by atoms with Gasteiger partial charge in [-0.05, 0) is 28.9 Å². The van der Waals surface area contributed by atoms with Crippen LogP contribution in [-0.2, 0) is 0 Å². The van der Waals surface area contributed by atoms with Gasteiger partial charge >= 0.3 is 0 Å². The third kappa shape index (κ3) is 3.38. The smallest absolute Gasteiger partial charge is 0.237 e. The summed E-state index contributed by atoms with van der Waals surface area (Å²) in [5, 5.41) is 0.